The van der Waals surface area contributed by atoms with Gasteiger partial charge < -0.3 is 21.5 Å². The lowest BCUT2D eigenvalue weighted by Gasteiger charge is -2.26. The number of nitrogen functional groups attached to an aromatic ring is 1. The van der Waals surface area contributed by atoms with E-state index in [4.69, 9.17) is 11.5 Å². The number of anilines is 2. The third-order valence-electron chi connectivity index (χ3n) is 2.52. The zero-order chi connectivity index (χ0) is 14.6. The average Bonchev–Trinajstić information content (AvgIpc) is 2.26. The molecule has 0 aliphatic rings. The maximum atomic E-state index is 11.3. The van der Waals surface area contributed by atoms with Crippen molar-refractivity contribution in [2.24, 2.45) is 11.7 Å². The van der Waals surface area contributed by atoms with Gasteiger partial charge in [-0.15, -0.1) is 0 Å². The molecule has 1 aromatic carbocycles. The van der Waals surface area contributed by atoms with Crippen LogP contribution in [0.4, 0.5) is 11.4 Å². The molecule has 0 spiro atoms. The second kappa shape index (κ2) is 6.08. The van der Waals surface area contributed by atoms with Gasteiger partial charge in [-0.3, -0.25) is 4.79 Å². The van der Waals surface area contributed by atoms with E-state index in [1.54, 1.807) is 17.0 Å². The van der Waals surface area contributed by atoms with Gasteiger partial charge in [-0.25, -0.2) is 4.79 Å². The number of nitrogens with zero attached hydrogens (tertiary/aromatic N) is 1. The summed E-state index contributed by atoms with van der Waals surface area (Å²) in [6, 6.07) is 4.59. The summed E-state index contributed by atoms with van der Waals surface area (Å²) >= 11 is 0. The maximum absolute atomic E-state index is 11.3. The Hall–Kier alpha value is -2.24. The van der Waals surface area contributed by atoms with Gasteiger partial charge in [-0.2, -0.15) is 0 Å². The Balaban J connectivity index is 3.20. The molecule has 0 heterocycles. The lowest BCUT2D eigenvalue weighted by Crippen LogP contribution is -2.37. The van der Waals surface area contributed by atoms with Crippen LogP contribution in [0.1, 0.15) is 24.2 Å². The molecule has 5 N–H and O–H groups in total. The minimum Gasteiger partial charge on any atom is -0.478 e. The van der Waals surface area contributed by atoms with Gasteiger partial charge in [0.25, 0.3) is 0 Å². The first-order valence-corrected chi connectivity index (χ1v) is 5.97. The molecule has 0 bridgehead atoms. The lowest BCUT2D eigenvalue weighted by molar-refractivity contribution is -0.116. The van der Waals surface area contributed by atoms with Gasteiger partial charge in [0.05, 0.1) is 17.8 Å². The molecule has 0 radical (unpaired) electrons. The second-order valence-corrected chi connectivity index (χ2v) is 4.82. The Morgan fingerprint density at radius 1 is 1.37 bits per heavy atom. The number of nitrogens with two attached hydrogens (primary N) is 2. The molecule has 0 unspecified atom stereocenters. The molecule has 6 nitrogen and oxygen atoms in total. The summed E-state index contributed by atoms with van der Waals surface area (Å²) in [6.07, 6.45) is 0. The summed E-state index contributed by atoms with van der Waals surface area (Å²) in [7, 11) is 0. The van der Waals surface area contributed by atoms with E-state index in [1.165, 1.54) is 6.07 Å². The van der Waals surface area contributed by atoms with Crippen molar-refractivity contribution in [1.82, 2.24) is 0 Å². The minimum absolute atomic E-state index is 0.0254. The van der Waals surface area contributed by atoms with Gasteiger partial charge in [-0.1, -0.05) is 13.8 Å². The predicted octanol–water partition coefficient (Wildman–Crippen LogP) is 0.915. The number of rotatable bonds is 6. The smallest absolute Gasteiger partial charge is 0.337 e. The summed E-state index contributed by atoms with van der Waals surface area (Å²) in [6.45, 7) is 4.47. The summed E-state index contributed by atoms with van der Waals surface area (Å²) in [5, 5.41) is 9.21. The third-order valence-corrected chi connectivity index (χ3v) is 2.52. The normalized spacial score (nSPS) is 10.5. The van der Waals surface area contributed by atoms with Crippen LogP contribution in [0.5, 0.6) is 0 Å². The van der Waals surface area contributed by atoms with Gasteiger partial charge >= 0.3 is 5.97 Å². The fourth-order valence-corrected chi connectivity index (χ4v) is 1.88. The van der Waals surface area contributed by atoms with Crippen molar-refractivity contribution < 1.29 is 14.7 Å². The van der Waals surface area contributed by atoms with Crippen molar-refractivity contribution in [3.63, 3.8) is 0 Å². The lowest BCUT2D eigenvalue weighted by atomic mass is 10.1. The van der Waals surface area contributed by atoms with E-state index in [1.807, 2.05) is 13.8 Å². The second-order valence-electron chi connectivity index (χ2n) is 4.82. The van der Waals surface area contributed by atoms with Crippen LogP contribution in [0.15, 0.2) is 18.2 Å². The Bertz CT molecular complexity index is 486. The highest BCUT2D eigenvalue weighted by molar-refractivity contribution is 5.96. The van der Waals surface area contributed by atoms with E-state index < -0.39 is 11.9 Å². The molecule has 19 heavy (non-hydrogen) atoms. The number of carboxylic acid groups (broad SMARTS) is 1. The Labute approximate surface area is 112 Å². The topological polar surface area (TPSA) is 110 Å². The standard InChI is InChI=1S/C13H19N3O3/c1-8(2)6-16(7-12(15)17)11-4-3-9(14)5-10(11)13(18)19/h3-5,8H,6-7,14H2,1-2H3,(H2,15,17)(H,18,19). The van der Waals surface area contributed by atoms with Crippen LogP contribution >= 0.6 is 0 Å². The molecule has 1 rings (SSSR count). The molecule has 0 saturated heterocycles. The molecule has 6 heteroatoms. The molecule has 0 fully saturated rings. The van der Waals surface area contributed by atoms with Crippen LogP contribution in [0.3, 0.4) is 0 Å². The van der Waals surface area contributed by atoms with E-state index in [-0.39, 0.29) is 18.0 Å². The number of aromatic carboxylic acids is 1. The molecule has 0 saturated carbocycles. The molecule has 0 atom stereocenters. The number of carbonyl (C=O) groups is 2. The van der Waals surface area contributed by atoms with E-state index in [0.717, 1.165) is 0 Å². The largest absolute Gasteiger partial charge is 0.478 e. The van der Waals surface area contributed by atoms with Crippen molar-refractivity contribution in [3.8, 4) is 0 Å². The molecule has 1 amide bonds. The zero-order valence-electron chi connectivity index (χ0n) is 11.1. The SMILES string of the molecule is CC(C)CN(CC(N)=O)c1ccc(N)cc1C(=O)O. The monoisotopic (exact) mass is 265 g/mol. The highest BCUT2D eigenvalue weighted by Crippen LogP contribution is 2.24. The molecule has 0 aromatic heterocycles. The van der Waals surface area contributed by atoms with Crippen LogP contribution in [0, 0.1) is 5.92 Å². The van der Waals surface area contributed by atoms with Gasteiger partial charge in [0.15, 0.2) is 0 Å². The van der Waals surface area contributed by atoms with E-state index in [9.17, 15) is 14.7 Å². The molecule has 0 aliphatic heterocycles. The number of primary amides is 1. The number of carbonyl (C=O) groups excluding carboxylic acids is 1. The van der Waals surface area contributed by atoms with E-state index in [0.29, 0.717) is 17.9 Å². The Kier molecular flexibility index (Phi) is 4.74. The zero-order valence-corrected chi connectivity index (χ0v) is 11.1. The summed E-state index contributed by atoms with van der Waals surface area (Å²) in [4.78, 5) is 24.0. The van der Waals surface area contributed by atoms with Gasteiger partial charge in [0, 0.05) is 12.2 Å². The first-order valence-electron chi connectivity index (χ1n) is 5.97. The van der Waals surface area contributed by atoms with Gasteiger partial charge in [-0.05, 0) is 24.1 Å². The number of carboxylic acids is 1. The maximum Gasteiger partial charge on any atom is 0.337 e. The Morgan fingerprint density at radius 2 is 2.00 bits per heavy atom. The van der Waals surface area contributed by atoms with Gasteiger partial charge in [0.2, 0.25) is 5.91 Å². The summed E-state index contributed by atoms with van der Waals surface area (Å²) in [5.74, 6) is -1.33. The van der Waals surface area contributed by atoms with Crippen molar-refractivity contribution in [3.05, 3.63) is 23.8 Å². The summed E-state index contributed by atoms with van der Waals surface area (Å²) < 4.78 is 0. The fourth-order valence-electron chi connectivity index (χ4n) is 1.88. The van der Waals surface area contributed by atoms with Crippen molar-refractivity contribution in [2.45, 2.75) is 13.8 Å². The highest BCUT2D eigenvalue weighted by Gasteiger charge is 2.18. The molecule has 0 aliphatic carbocycles. The highest BCUT2D eigenvalue weighted by atomic mass is 16.4. The van der Waals surface area contributed by atoms with Crippen LogP contribution in [0.25, 0.3) is 0 Å². The molecule has 104 valence electrons. The Morgan fingerprint density at radius 3 is 2.47 bits per heavy atom. The summed E-state index contributed by atoms with van der Waals surface area (Å²) in [5.41, 5.74) is 11.7. The van der Waals surface area contributed by atoms with Crippen molar-refractivity contribution in [2.75, 3.05) is 23.7 Å². The van der Waals surface area contributed by atoms with E-state index in [2.05, 4.69) is 0 Å². The number of hydrogen-bond acceptors (Lipinski definition) is 4. The molecular weight excluding hydrogens is 246 g/mol. The molecular formula is C13H19N3O3. The minimum atomic E-state index is -1.08. The van der Waals surface area contributed by atoms with Crippen LogP contribution in [-0.2, 0) is 4.79 Å². The number of hydrogen-bond donors (Lipinski definition) is 3. The van der Waals surface area contributed by atoms with Gasteiger partial charge in [0.1, 0.15) is 0 Å². The average molecular weight is 265 g/mol. The first kappa shape index (κ1) is 14.8. The third kappa shape index (κ3) is 4.17. The number of amides is 1. The molecule has 1 aromatic rings. The van der Waals surface area contributed by atoms with Crippen LogP contribution in [0.2, 0.25) is 0 Å². The first-order chi connectivity index (χ1) is 8.81. The van der Waals surface area contributed by atoms with Crippen molar-refractivity contribution in [1.29, 1.82) is 0 Å². The van der Waals surface area contributed by atoms with Crippen molar-refractivity contribution >= 4 is 23.3 Å². The number of benzene rings is 1. The quantitative estimate of drug-likeness (QED) is 0.662. The predicted molar refractivity (Wildman–Crippen MR) is 74.1 cm³/mol. The van der Waals surface area contributed by atoms with E-state index >= 15 is 0 Å². The fraction of sp³-hybridized carbons (Fsp3) is 0.385. The van der Waals surface area contributed by atoms with Crippen LogP contribution in [-0.4, -0.2) is 30.1 Å². The van der Waals surface area contributed by atoms with Crippen LogP contribution < -0.4 is 16.4 Å².